The first kappa shape index (κ1) is 35.4. The topological polar surface area (TPSA) is 48.5 Å². The molecular weight excluding hydrogens is 767 g/mol. The van der Waals surface area contributed by atoms with E-state index in [1.54, 1.807) is 0 Å². The first-order valence-electron chi connectivity index (χ1n) is 21.5. The van der Waals surface area contributed by atoms with Crippen molar-refractivity contribution in [2.24, 2.45) is 0 Å². The summed E-state index contributed by atoms with van der Waals surface area (Å²) in [6.45, 7) is 0. The molecule has 0 saturated heterocycles. The first-order chi connectivity index (χ1) is 31.2. The van der Waals surface area contributed by atoms with E-state index < -0.39 is 0 Å². The van der Waals surface area contributed by atoms with Crippen molar-refractivity contribution in [1.82, 2.24) is 24.1 Å². The zero-order valence-electron chi connectivity index (χ0n) is 34.2. The van der Waals surface area contributed by atoms with Crippen LogP contribution in [-0.4, -0.2) is 24.1 Å². The third-order valence-corrected chi connectivity index (χ3v) is 12.8. The van der Waals surface area contributed by atoms with Crippen LogP contribution in [0.25, 0.3) is 111 Å². The molecule has 1 aliphatic rings. The average molecular weight is 804 g/mol. The Labute approximate surface area is 363 Å². The molecule has 0 bridgehead atoms. The quantitative estimate of drug-likeness (QED) is 0.168. The lowest BCUT2D eigenvalue weighted by Crippen LogP contribution is -2.07. The van der Waals surface area contributed by atoms with Crippen molar-refractivity contribution in [3.8, 4) is 67.8 Å². The molecule has 1 aliphatic carbocycles. The molecule has 3 aromatic heterocycles. The molecule has 0 N–H and O–H groups in total. The van der Waals surface area contributed by atoms with E-state index in [1.165, 1.54) is 49.9 Å². The lowest BCUT2D eigenvalue weighted by Gasteiger charge is -2.15. The predicted molar refractivity (Wildman–Crippen MR) is 258 cm³/mol. The van der Waals surface area contributed by atoms with Crippen LogP contribution in [0.3, 0.4) is 0 Å². The van der Waals surface area contributed by atoms with E-state index in [0.717, 1.165) is 61.5 Å². The third-order valence-electron chi connectivity index (χ3n) is 12.8. The van der Waals surface area contributed by atoms with Crippen LogP contribution in [0.4, 0.5) is 0 Å². The zero-order chi connectivity index (χ0) is 41.4. The van der Waals surface area contributed by atoms with E-state index in [4.69, 9.17) is 15.0 Å². The summed E-state index contributed by atoms with van der Waals surface area (Å²) in [5.74, 6) is 1.86. The Kier molecular flexibility index (Phi) is 7.90. The van der Waals surface area contributed by atoms with Crippen LogP contribution in [0, 0.1) is 0 Å². The molecule has 9 aromatic carbocycles. The lowest BCUT2D eigenvalue weighted by atomic mass is 9.99. The molecule has 0 radical (unpaired) electrons. The fourth-order valence-electron chi connectivity index (χ4n) is 9.94. The van der Waals surface area contributed by atoms with Crippen LogP contribution in [-0.2, 0) is 6.42 Å². The molecule has 63 heavy (non-hydrogen) atoms. The van der Waals surface area contributed by atoms with Gasteiger partial charge in [-0.3, -0.25) is 4.57 Å². The normalized spacial score (nSPS) is 12.1. The number of fused-ring (bicyclic) bond motifs is 10. The molecule has 5 nitrogen and oxygen atoms in total. The van der Waals surface area contributed by atoms with E-state index in [2.05, 4.69) is 203 Å². The summed E-state index contributed by atoms with van der Waals surface area (Å²) in [6, 6.07) is 75.8. The second-order valence-electron chi connectivity index (χ2n) is 16.4. The highest BCUT2D eigenvalue weighted by Gasteiger charge is 2.26. The monoisotopic (exact) mass is 803 g/mol. The summed E-state index contributed by atoms with van der Waals surface area (Å²) in [5.41, 5.74) is 17.2. The van der Waals surface area contributed by atoms with Gasteiger partial charge in [0.25, 0.3) is 0 Å². The Morgan fingerprint density at radius 1 is 0.317 bits per heavy atom. The van der Waals surface area contributed by atoms with Crippen molar-refractivity contribution in [3.63, 3.8) is 0 Å². The fourth-order valence-corrected chi connectivity index (χ4v) is 9.94. The van der Waals surface area contributed by atoms with E-state index in [1.807, 2.05) is 18.2 Å². The third kappa shape index (κ3) is 5.60. The average Bonchev–Trinajstić information content (AvgIpc) is 4.03. The van der Waals surface area contributed by atoms with Gasteiger partial charge in [0.15, 0.2) is 11.6 Å². The molecule has 5 heteroatoms. The van der Waals surface area contributed by atoms with Gasteiger partial charge in [-0.2, -0.15) is 9.97 Å². The van der Waals surface area contributed by atoms with Gasteiger partial charge in [-0.05, 0) is 75.2 Å². The molecular formula is C58H37N5. The van der Waals surface area contributed by atoms with Crippen LogP contribution in [0.15, 0.2) is 212 Å². The van der Waals surface area contributed by atoms with Crippen molar-refractivity contribution in [1.29, 1.82) is 0 Å². The van der Waals surface area contributed by atoms with Gasteiger partial charge in [-0.1, -0.05) is 188 Å². The van der Waals surface area contributed by atoms with E-state index in [-0.39, 0.29) is 0 Å². The van der Waals surface area contributed by atoms with Gasteiger partial charge in [-0.15, -0.1) is 0 Å². The van der Waals surface area contributed by atoms with E-state index in [0.29, 0.717) is 17.6 Å². The SMILES string of the molecule is c1ccc(-c2ccc(-c3ccc(-n4c5ccccc5c5ccc6c7ccccc7n(-c7nc(-c8ccccc8)nc(-c8cccc9c8-c8ccccc8C9)n7)c6c54)cc3)cc2)cc1. The van der Waals surface area contributed by atoms with Crippen molar-refractivity contribution in [3.05, 3.63) is 223 Å². The van der Waals surface area contributed by atoms with Crippen LogP contribution in [0.1, 0.15) is 11.1 Å². The smallest absolute Gasteiger partial charge is 0.238 e. The maximum atomic E-state index is 5.49. The summed E-state index contributed by atoms with van der Waals surface area (Å²) in [5, 5.41) is 4.62. The molecule has 12 aromatic rings. The Morgan fingerprint density at radius 3 is 1.49 bits per heavy atom. The van der Waals surface area contributed by atoms with Gasteiger partial charge < -0.3 is 4.57 Å². The Balaban J connectivity index is 1.06. The molecule has 294 valence electrons. The molecule has 3 heterocycles. The minimum Gasteiger partial charge on any atom is -0.307 e. The summed E-state index contributed by atoms with van der Waals surface area (Å²) in [7, 11) is 0. The zero-order valence-corrected chi connectivity index (χ0v) is 34.2. The number of nitrogens with zero attached hydrogens (tertiary/aromatic N) is 5. The van der Waals surface area contributed by atoms with E-state index in [9.17, 15) is 0 Å². The van der Waals surface area contributed by atoms with Gasteiger partial charge in [0, 0.05) is 38.4 Å². The van der Waals surface area contributed by atoms with Crippen LogP contribution in [0.2, 0.25) is 0 Å². The molecule has 0 atom stereocenters. The molecule has 0 amide bonds. The number of aromatic nitrogens is 5. The van der Waals surface area contributed by atoms with Gasteiger partial charge in [0.1, 0.15) is 0 Å². The van der Waals surface area contributed by atoms with Crippen molar-refractivity contribution < 1.29 is 0 Å². The second kappa shape index (κ2) is 14.1. The van der Waals surface area contributed by atoms with Crippen molar-refractivity contribution >= 4 is 43.6 Å². The Morgan fingerprint density at radius 2 is 0.810 bits per heavy atom. The summed E-state index contributed by atoms with van der Waals surface area (Å²) in [6.07, 6.45) is 0.889. The first-order valence-corrected chi connectivity index (χ1v) is 21.5. The number of benzene rings is 9. The largest absolute Gasteiger partial charge is 0.307 e. The maximum Gasteiger partial charge on any atom is 0.238 e. The van der Waals surface area contributed by atoms with Crippen LogP contribution in [0.5, 0.6) is 0 Å². The summed E-state index contributed by atoms with van der Waals surface area (Å²) < 4.78 is 4.70. The van der Waals surface area contributed by atoms with Gasteiger partial charge in [0.2, 0.25) is 5.95 Å². The maximum absolute atomic E-state index is 5.49. The standard InChI is InChI=1S/C58H37N5/c1-3-14-37(15-4-1)38-26-28-39(29-27-38)40-30-32-44(33-31-40)62-51-24-11-9-21-46(51)48-34-35-49-47-22-10-12-25-52(47)63(55(49)54(48)62)58-60-56(41-16-5-2-6-17-41)59-57(61-58)50-23-13-19-43-36-42-18-7-8-20-45(42)53(43)50/h1-35H,36H2. The number of hydrogen-bond acceptors (Lipinski definition) is 3. The molecule has 0 spiro atoms. The Hall–Kier alpha value is -8.41. The molecule has 13 rings (SSSR count). The predicted octanol–water partition coefficient (Wildman–Crippen LogP) is 14.3. The molecule has 0 saturated carbocycles. The molecule has 0 fully saturated rings. The van der Waals surface area contributed by atoms with Crippen molar-refractivity contribution in [2.75, 3.05) is 0 Å². The minimum absolute atomic E-state index is 0.576. The molecule has 0 unspecified atom stereocenters. The molecule has 0 aliphatic heterocycles. The van der Waals surface area contributed by atoms with Gasteiger partial charge >= 0.3 is 0 Å². The number of para-hydroxylation sites is 2. The fraction of sp³-hybridized carbons (Fsp3) is 0.0172. The summed E-state index contributed by atoms with van der Waals surface area (Å²) >= 11 is 0. The lowest BCUT2D eigenvalue weighted by molar-refractivity contribution is 0.953. The number of hydrogen-bond donors (Lipinski definition) is 0. The highest BCUT2D eigenvalue weighted by molar-refractivity contribution is 6.23. The minimum atomic E-state index is 0.576. The second-order valence-corrected chi connectivity index (χ2v) is 16.4. The summed E-state index contributed by atoms with van der Waals surface area (Å²) in [4.78, 5) is 16.1. The highest BCUT2D eigenvalue weighted by Crippen LogP contribution is 2.44. The van der Waals surface area contributed by atoms with Gasteiger partial charge in [0.05, 0.1) is 22.1 Å². The van der Waals surface area contributed by atoms with Crippen molar-refractivity contribution in [2.45, 2.75) is 6.42 Å². The highest BCUT2D eigenvalue weighted by atomic mass is 15.2. The van der Waals surface area contributed by atoms with Crippen LogP contribution < -0.4 is 0 Å². The van der Waals surface area contributed by atoms with E-state index >= 15 is 0 Å². The number of rotatable bonds is 6. The van der Waals surface area contributed by atoms with Gasteiger partial charge in [-0.25, -0.2) is 4.98 Å². The van der Waals surface area contributed by atoms with Crippen LogP contribution >= 0.6 is 0 Å². The Bertz CT molecular complexity index is 3730.